The van der Waals surface area contributed by atoms with Crippen LogP contribution >= 0.6 is 24.8 Å². The van der Waals surface area contributed by atoms with Crippen LogP contribution in [0.2, 0.25) is 0 Å². The molecule has 0 saturated heterocycles. The minimum absolute atomic E-state index is 0. The smallest absolute Gasteiger partial charge is 0.00974 e. The summed E-state index contributed by atoms with van der Waals surface area (Å²) in [6, 6.07) is 0. The Bertz CT molecular complexity index is 91.0. The van der Waals surface area contributed by atoms with Crippen molar-refractivity contribution in [3.05, 3.63) is 0 Å². The number of hydrogen-bond donors (Lipinski definition) is 2. The number of nitrogens with one attached hydrogen (secondary N) is 1. The highest BCUT2D eigenvalue weighted by atomic mass is 35.5. The molecule has 0 aliphatic rings. The highest BCUT2D eigenvalue weighted by Gasteiger charge is 1.91. The van der Waals surface area contributed by atoms with Crippen molar-refractivity contribution in [3.8, 4) is 0 Å². The van der Waals surface area contributed by atoms with Crippen LogP contribution in [0.1, 0.15) is 71.1 Å². The van der Waals surface area contributed by atoms with Gasteiger partial charge in [0.25, 0.3) is 0 Å². The lowest BCUT2D eigenvalue weighted by atomic mass is 10.1. The molecule has 102 valence electrons. The maximum absolute atomic E-state index is 5.19. The number of hydrazine groups is 1. The highest BCUT2D eigenvalue weighted by molar-refractivity contribution is 5.85. The summed E-state index contributed by atoms with van der Waals surface area (Å²) in [5.74, 6) is 5.19. The van der Waals surface area contributed by atoms with E-state index < -0.39 is 0 Å². The quantitative estimate of drug-likeness (QED) is 0.336. The van der Waals surface area contributed by atoms with Crippen molar-refractivity contribution in [1.29, 1.82) is 0 Å². The zero-order chi connectivity index (χ0) is 10.5. The van der Waals surface area contributed by atoms with E-state index in [1.54, 1.807) is 0 Å². The van der Waals surface area contributed by atoms with Crippen LogP contribution in [0, 0.1) is 0 Å². The molecule has 0 fully saturated rings. The summed E-state index contributed by atoms with van der Waals surface area (Å²) >= 11 is 0. The first-order valence-electron chi connectivity index (χ1n) is 6.35. The fourth-order valence-corrected chi connectivity index (χ4v) is 1.71. The van der Waals surface area contributed by atoms with E-state index in [1.165, 1.54) is 64.2 Å². The normalized spacial score (nSPS) is 9.38. The second-order valence-electron chi connectivity index (χ2n) is 4.14. The van der Waals surface area contributed by atoms with E-state index in [9.17, 15) is 0 Å². The first-order chi connectivity index (χ1) is 6.91. The molecule has 0 heterocycles. The van der Waals surface area contributed by atoms with E-state index in [0.717, 1.165) is 6.54 Å². The average Bonchev–Trinajstić information content (AvgIpc) is 2.21. The highest BCUT2D eigenvalue weighted by Crippen LogP contribution is 2.09. The molecule has 0 amide bonds. The lowest BCUT2D eigenvalue weighted by Crippen LogP contribution is -2.22. The molecular formula is C12H30Cl2N2. The van der Waals surface area contributed by atoms with Crippen LogP contribution in [-0.4, -0.2) is 6.54 Å². The van der Waals surface area contributed by atoms with Gasteiger partial charge in [0, 0.05) is 6.54 Å². The van der Waals surface area contributed by atoms with Crippen molar-refractivity contribution in [2.75, 3.05) is 6.54 Å². The molecule has 0 rings (SSSR count). The molecule has 0 spiro atoms. The predicted octanol–water partition coefficient (Wildman–Crippen LogP) is 4.21. The summed E-state index contributed by atoms with van der Waals surface area (Å²) in [5, 5.41) is 0. The van der Waals surface area contributed by atoms with Crippen molar-refractivity contribution >= 4 is 24.8 Å². The molecule has 16 heavy (non-hydrogen) atoms. The molecule has 0 aliphatic carbocycles. The average molecular weight is 273 g/mol. The van der Waals surface area contributed by atoms with Crippen LogP contribution in [0.15, 0.2) is 0 Å². The van der Waals surface area contributed by atoms with Crippen molar-refractivity contribution in [2.45, 2.75) is 71.1 Å². The summed E-state index contributed by atoms with van der Waals surface area (Å²) < 4.78 is 0. The fourth-order valence-electron chi connectivity index (χ4n) is 1.71. The molecule has 0 atom stereocenters. The molecule has 0 aromatic rings. The number of rotatable bonds is 11. The van der Waals surface area contributed by atoms with E-state index in [-0.39, 0.29) is 24.8 Å². The Hall–Kier alpha value is 0.500. The second-order valence-corrected chi connectivity index (χ2v) is 4.14. The Balaban J connectivity index is -0.000000845. The fraction of sp³-hybridized carbons (Fsp3) is 1.00. The number of halogens is 2. The second kappa shape index (κ2) is 20.9. The molecule has 0 radical (unpaired) electrons. The molecule has 0 saturated carbocycles. The first-order valence-corrected chi connectivity index (χ1v) is 6.35. The summed E-state index contributed by atoms with van der Waals surface area (Å²) in [6.45, 7) is 3.24. The molecule has 0 bridgehead atoms. The van der Waals surface area contributed by atoms with Gasteiger partial charge in [-0.15, -0.1) is 24.8 Å². The van der Waals surface area contributed by atoms with Crippen molar-refractivity contribution in [3.63, 3.8) is 0 Å². The van der Waals surface area contributed by atoms with E-state index in [1.807, 2.05) is 0 Å². The Morgan fingerprint density at radius 2 is 1.06 bits per heavy atom. The third kappa shape index (κ3) is 20.0. The Morgan fingerprint density at radius 3 is 1.44 bits per heavy atom. The number of unbranched alkanes of at least 4 members (excludes halogenated alkanes) is 9. The van der Waals surface area contributed by atoms with Crippen LogP contribution in [0.25, 0.3) is 0 Å². The molecule has 0 unspecified atom stereocenters. The summed E-state index contributed by atoms with van der Waals surface area (Å²) in [5.41, 5.74) is 2.69. The lowest BCUT2D eigenvalue weighted by molar-refractivity contribution is 0.547. The molecule has 3 N–H and O–H groups in total. The third-order valence-electron chi connectivity index (χ3n) is 2.67. The zero-order valence-electron chi connectivity index (χ0n) is 10.7. The van der Waals surface area contributed by atoms with Crippen LogP contribution in [-0.2, 0) is 0 Å². The molecule has 0 aromatic carbocycles. The standard InChI is InChI=1S/C12H28N2.2ClH/c1-2-3-4-5-6-7-8-9-10-11-12-14-13;;/h14H,2-13H2,1H3;2*1H. The van der Waals surface area contributed by atoms with Gasteiger partial charge in [-0.25, -0.2) is 0 Å². The number of hydrogen-bond acceptors (Lipinski definition) is 2. The van der Waals surface area contributed by atoms with Crippen molar-refractivity contribution < 1.29 is 0 Å². The van der Waals surface area contributed by atoms with Gasteiger partial charge in [0.15, 0.2) is 0 Å². The van der Waals surface area contributed by atoms with E-state index in [4.69, 9.17) is 5.84 Å². The van der Waals surface area contributed by atoms with Crippen LogP contribution in [0.4, 0.5) is 0 Å². The van der Waals surface area contributed by atoms with Crippen molar-refractivity contribution in [2.24, 2.45) is 5.84 Å². The summed E-state index contributed by atoms with van der Waals surface area (Å²) in [7, 11) is 0. The van der Waals surface area contributed by atoms with Gasteiger partial charge >= 0.3 is 0 Å². The largest absolute Gasteiger partial charge is 0.271 e. The third-order valence-corrected chi connectivity index (χ3v) is 2.67. The first kappa shape index (κ1) is 21.8. The predicted molar refractivity (Wildman–Crippen MR) is 78.5 cm³/mol. The van der Waals surface area contributed by atoms with E-state index in [0.29, 0.717) is 0 Å². The zero-order valence-corrected chi connectivity index (χ0v) is 12.3. The topological polar surface area (TPSA) is 38.0 Å². The maximum atomic E-state index is 5.19. The molecule has 0 aromatic heterocycles. The van der Waals surface area contributed by atoms with E-state index in [2.05, 4.69) is 12.3 Å². The molecule has 4 heteroatoms. The van der Waals surface area contributed by atoms with Gasteiger partial charge in [0.05, 0.1) is 0 Å². The van der Waals surface area contributed by atoms with Crippen molar-refractivity contribution in [1.82, 2.24) is 5.43 Å². The Morgan fingerprint density at radius 1 is 0.688 bits per heavy atom. The molecular weight excluding hydrogens is 243 g/mol. The van der Waals surface area contributed by atoms with Gasteiger partial charge in [0.1, 0.15) is 0 Å². The van der Waals surface area contributed by atoms with Gasteiger partial charge in [-0.3, -0.25) is 11.3 Å². The van der Waals surface area contributed by atoms with Crippen LogP contribution in [0.5, 0.6) is 0 Å². The molecule has 0 aliphatic heterocycles. The number of nitrogens with two attached hydrogens (primary N) is 1. The maximum Gasteiger partial charge on any atom is 0.00974 e. The minimum Gasteiger partial charge on any atom is -0.271 e. The Labute approximate surface area is 114 Å². The minimum atomic E-state index is 0. The SMILES string of the molecule is CCCCCCCCCCCCNN.Cl.Cl. The monoisotopic (exact) mass is 272 g/mol. The van der Waals surface area contributed by atoms with Gasteiger partial charge in [-0.1, -0.05) is 64.7 Å². The van der Waals surface area contributed by atoms with E-state index >= 15 is 0 Å². The van der Waals surface area contributed by atoms with Gasteiger partial charge < -0.3 is 0 Å². The Kier molecular flexibility index (Phi) is 28.4. The van der Waals surface area contributed by atoms with Gasteiger partial charge in [-0.2, -0.15) is 0 Å². The van der Waals surface area contributed by atoms with Crippen LogP contribution in [0.3, 0.4) is 0 Å². The van der Waals surface area contributed by atoms with Gasteiger partial charge in [-0.05, 0) is 6.42 Å². The van der Waals surface area contributed by atoms with Gasteiger partial charge in [0.2, 0.25) is 0 Å². The summed E-state index contributed by atoms with van der Waals surface area (Å²) in [6.07, 6.45) is 13.9. The summed E-state index contributed by atoms with van der Waals surface area (Å²) in [4.78, 5) is 0. The van der Waals surface area contributed by atoms with Crippen LogP contribution < -0.4 is 11.3 Å². The lowest BCUT2D eigenvalue weighted by Gasteiger charge is -2.01. The molecule has 2 nitrogen and oxygen atoms in total.